The van der Waals surface area contributed by atoms with Crippen LogP contribution in [-0.2, 0) is 4.79 Å². The lowest BCUT2D eigenvalue weighted by Gasteiger charge is -2.41. The second kappa shape index (κ2) is 3.24. The number of amides is 1. The molecule has 0 aliphatic carbocycles. The molecule has 0 N–H and O–H groups in total. The van der Waals surface area contributed by atoms with Gasteiger partial charge in [0.2, 0.25) is 5.91 Å². The van der Waals surface area contributed by atoms with Gasteiger partial charge in [-0.3, -0.25) is 4.79 Å². The molecular weight excluding hydrogens is 138 g/mol. The van der Waals surface area contributed by atoms with Gasteiger partial charge in [-0.2, -0.15) is 0 Å². The highest BCUT2D eigenvalue weighted by molar-refractivity contribution is 5.74. The first-order valence-electron chi connectivity index (χ1n) is 4.38. The topological polar surface area (TPSA) is 20.3 Å². The Hall–Kier alpha value is -0.530. The van der Waals surface area contributed by atoms with Crippen LogP contribution in [0.2, 0.25) is 0 Å². The number of nitrogens with zero attached hydrogens (tertiary/aromatic N) is 1. The van der Waals surface area contributed by atoms with Gasteiger partial charge in [0, 0.05) is 19.5 Å². The molecule has 0 unspecified atom stereocenters. The van der Waals surface area contributed by atoms with Gasteiger partial charge in [-0.1, -0.05) is 13.8 Å². The summed E-state index contributed by atoms with van der Waals surface area (Å²) in [7, 11) is 0. The molecule has 64 valence electrons. The number of hydrogen-bond acceptors (Lipinski definition) is 1. The van der Waals surface area contributed by atoms with Crippen molar-refractivity contribution in [3.63, 3.8) is 0 Å². The molecule has 2 heteroatoms. The third-order valence-electron chi connectivity index (χ3n) is 2.29. The maximum absolute atomic E-state index is 10.9. The molecule has 0 aromatic heterocycles. The summed E-state index contributed by atoms with van der Waals surface area (Å²) in [5, 5.41) is 0. The molecule has 1 atom stereocenters. The van der Waals surface area contributed by atoms with Crippen LogP contribution in [0.15, 0.2) is 0 Å². The standard InChI is InChI=1S/C9H17NO/c1-7(2)6-9-4-5-10(9)8(3)11/h7,9H,4-6H2,1-3H3/t9-/m1/s1. The number of hydrogen-bond donors (Lipinski definition) is 0. The summed E-state index contributed by atoms with van der Waals surface area (Å²) in [6, 6.07) is 0.549. The van der Waals surface area contributed by atoms with Crippen LogP contribution >= 0.6 is 0 Å². The van der Waals surface area contributed by atoms with E-state index in [9.17, 15) is 4.79 Å². The molecule has 1 aliphatic rings. The van der Waals surface area contributed by atoms with Crippen LogP contribution in [0.5, 0.6) is 0 Å². The first-order valence-corrected chi connectivity index (χ1v) is 4.38. The second-order valence-electron chi connectivity index (χ2n) is 3.78. The molecule has 0 aromatic carbocycles. The summed E-state index contributed by atoms with van der Waals surface area (Å²) < 4.78 is 0. The van der Waals surface area contributed by atoms with Crippen molar-refractivity contribution in [1.29, 1.82) is 0 Å². The summed E-state index contributed by atoms with van der Waals surface area (Å²) in [5.74, 6) is 0.948. The van der Waals surface area contributed by atoms with Gasteiger partial charge in [-0.15, -0.1) is 0 Å². The summed E-state index contributed by atoms with van der Waals surface area (Å²) in [6.07, 6.45) is 2.37. The molecule has 0 radical (unpaired) electrons. The normalized spacial score (nSPS) is 23.6. The van der Waals surface area contributed by atoms with Crippen molar-refractivity contribution in [2.75, 3.05) is 6.54 Å². The van der Waals surface area contributed by atoms with E-state index in [2.05, 4.69) is 13.8 Å². The fourth-order valence-electron chi connectivity index (χ4n) is 1.64. The van der Waals surface area contributed by atoms with Crippen LogP contribution in [-0.4, -0.2) is 23.4 Å². The molecule has 2 nitrogen and oxygen atoms in total. The number of likely N-dealkylation sites (tertiary alicyclic amines) is 1. The molecule has 1 amide bonds. The van der Waals surface area contributed by atoms with Gasteiger partial charge >= 0.3 is 0 Å². The minimum Gasteiger partial charge on any atom is -0.340 e. The van der Waals surface area contributed by atoms with Crippen LogP contribution in [0.1, 0.15) is 33.6 Å². The van der Waals surface area contributed by atoms with E-state index in [0.29, 0.717) is 12.0 Å². The molecule has 0 aromatic rings. The molecule has 1 heterocycles. The van der Waals surface area contributed by atoms with E-state index in [1.54, 1.807) is 6.92 Å². The Morgan fingerprint density at radius 1 is 1.64 bits per heavy atom. The van der Waals surface area contributed by atoms with E-state index in [-0.39, 0.29) is 5.91 Å². The first kappa shape index (κ1) is 8.57. The Morgan fingerprint density at radius 2 is 2.27 bits per heavy atom. The van der Waals surface area contributed by atoms with Gasteiger partial charge in [-0.05, 0) is 18.8 Å². The molecule has 1 saturated heterocycles. The van der Waals surface area contributed by atoms with Crippen LogP contribution < -0.4 is 0 Å². The first-order chi connectivity index (χ1) is 5.11. The summed E-state index contributed by atoms with van der Waals surface area (Å²) >= 11 is 0. The highest BCUT2D eigenvalue weighted by atomic mass is 16.2. The fraction of sp³-hybridized carbons (Fsp3) is 0.889. The van der Waals surface area contributed by atoms with Crippen LogP contribution in [0.25, 0.3) is 0 Å². The third-order valence-corrected chi connectivity index (χ3v) is 2.29. The maximum Gasteiger partial charge on any atom is 0.219 e. The van der Waals surface area contributed by atoms with Gasteiger partial charge in [0.1, 0.15) is 0 Å². The van der Waals surface area contributed by atoms with E-state index in [1.807, 2.05) is 4.90 Å². The average molecular weight is 155 g/mol. The van der Waals surface area contributed by atoms with E-state index >= 15 is 0 Å². The zero-order chi connectivity index (χ0) is 8.43. The van der Waals surface area contributed by atoms with E-state index < -0.39 is 0 Å². The minimum atomic E-state index is 0.238. The maximum atomic E-state index is 10.9. The fourth-order valence-corrected chi connectivity index (χ4v) is 1.64. The van der Waals surface area contributed by atoms with Crippen LogP contribution in [0.4, 0.5) is 0 Å². The molecule has 11 heavy (non-hydrogen) atoms. The van der Waals surface area contributed by atoms with Gasteiger partial charge in [0.05, 0.1) is 0 Å². The van der Waals surface area contributed by atoms with E-state index in [0.717, 1.165) is 6.54 Å². The molecule has 0 saturated carbocycles. The Bertz CT molecular complexity index is 154. The van der Waals surface area contributed by atoms with Gasteiger partial charge < -0.3 is 4.90 Å². The molecule has 1 rings (SSSR count). The van der Waals surface area contributed by atoms with Crippen molar-refractivity contribution >= 4 is 5.91 Å². The molecule has 0 bridgehead atoms. The quantitative estimate of drug-likeness (QED) is 0.594. The Labute approximate surface area is 68.6 Å². The number of carbonyl (C=O) groups is 1. The van der Waals surface area contributed by atoms with Crippen molar-refractivity contribution in [1.82, 2.24) is 4.90 Å². The lowest BCUT2D eigenvalue weighted by Crippen LogP contribution is -2.50. The smallest absolute Gasteiger partial charge is 0.219 e. The average Bonchev–Trinajstić information content (AvgIpc) is 1.78. The summed E-state index contributed by atoms with van der Waals surface area (Å²) in [6.45, 7) is 7.05. The lowest BCUT2D eigenvalue weighted by atomic mass is 9.93. The summed E-state index contributed by atoms with van der Waals surface area (Å²) in [5.41, 5.74) is 0. The lowest BCUT2D eigenvalue weighted by molar-refractivity contribution is -0.136. The van der Waals surface area contributed by atoms with Crippen molar-refractivity contribution in [3.8, 4) is 0 Å². The Morgan fingerprint density at radius 3 is 2.55 bits per heavy atom. The van der Waals surface area contributed by atoms with Crippen molar-refractivity contribution in [3.05, 3.63) is 0 Å². The SMILES string of the molecule is CC(=O)N1CC[C@@H]1CC(C)C. The predicted octanol–water partition coefficient (Wildman–Crippen LogP) is 1.65. The third kappa shape index (κ3) is 1.95. The number of carbonyl (C=O) groups excluding carboxylic acids is 1. The van der Waals surface area contributed by atoms with Crippen molar-refractivity contribution in [2.24, 2.45) is 5.92 Å². The van der Waals surface area contributed by atoms with E-state index in [4.69, 9.17) is 0 Å². The highest BCUT2D eigenvalue weighted by Crippen LogP contribution is 2.23. The Balaban J connectivity index is 2.31. The highest BCUT2D eigenvalue weighted by Gasteiger charge is 2.29. The largest absolute Gasteiger partial charge is 0.340 e. The number of rotatable bonds is 2. The van der Waals surface area contributed by atoms with Crippen LogP contribution in [0.3, 0.4) is 0 Å². The molecule has 1 aliphatic heterocycles. The predicted molar refractivity (Wildman–Crippen MR) is 45.2 cm³/mol. The van der Waals surface area contributed by atoms with Crippen molar-refractivity contribution in [2.45, 2.75) is 39.7 Å². The monoisotopic (exact) mass is 155 g/mol. The van der Waals surface area contributed by atoms with Gasteiger partial charge in [-0.25, -0.2) is 0 Å². The van der Waals surface area contributed by atoms with Gasteiger partial charge in [0.25, 0.3) is 0 Å². The molecule has 1 fully saturated rings. The zero-order valence-electron chi connectivity index (χ0n) is 7.63. The minimum absolute atomic E-state index is 0.238. The molecular formula is C9H17NO. The van der Waals surface area contributed by atoms with Crippen LogP contribution in [0, 0.1) is 5.92 Å². The molecule has 0 spiro atoms. The second-order valence-corrected chi connectivity index (χ2v) is 3.78. The summed E-state index contributed by atoms with van der Waals surface area (Å²) in [4.78, 5) is 12.9. The Kier molecular flexibility index (Phi) is 2.53. The van der Waals surface area contributed by atoms with Gasteiger partial charge in [0.15, 0.2) is 0 Å². The van der Waals surface area contributed by atoms with Crippen molar-refractivity contribution < 1.29 is 4.79 Å². The zero-order valence-corrected chi connectivity index (χ0v) is 7.63. The van der Waals surface area contributed by atoms with E-state index in [1.165, 1.54) is 12.8 Å².